The molecule has 5 nitrogen and oxygen atoms in total. The van der Waals surface area contributed by atoms with Crippen molar-refractivity contribution in [3.63, 3.8) is 0 Å². The standard InChI is InChI=1S/C24H26N2O3/c1-28-22-12-11-19(15-23(22)29-21-9-5-6-10-21)24(27,18-7-3-2-4-8-18)16-20-17-25-13-14-26-20/h2-4,7-8,11-15,17,21,27H,5-6,9-10,16H2,1H3. The first-order valence-electron chi connectivity index (χ1n) is 10.1. The summed E-state index contributed by atoms with van der Waals surface area (Å²) in [6, 6.07) is 15.3. The molecule has 5 heteroatoms. The van der Waals surface area contributed by atoms with E-state index in [1.807, 2.05) is 48.5 Å². The molecule has 2 aromatic carbocycles. The van der Waals surface area contributed by atoms with Gasteiger partial charge in [0.15, 0.2) is 11.5 Å². The SMILES string of the molecule is COc1ccc(C(O)(Cc2cnccn2)c2ccccc2)cc1OC1CCCC1. The maximum absolute atomic E-state index is 11.9. The molecule has 1 atom stereocenters. The summed E-state index contributed by atoms with van der Waals surface area (Å²) in [5.41, 5.74) is 0.982. The highest BCUT2D eigenvalue weighted by Crippen LogP contribution is 2.39. The van der Waals surface area contributed by atoms with E-state index >= 15 is 0 Å². The van der Waals surface area contributed by atoms with Crippen LogP contribution >= 0.6 is 0 Å². The molecular weight excluding hydrogens is 364 g/mol. The second-order valence-electron chi connectivity index (χ2n) is 7.49. The van der Waals surface area contributed by atoms with Gasteiger partial charge in [-0.1, -0.05) is 36.4 Å². The molecule has 29 heavy (non-hydrogen) atoms. The van der Waals surface area contributed by atoms with Crippen molar-refractivity contribution >= 4 is 0 Å². The summed E-state index contributed by atoms with van der Waals surface area (Å²) >= 11 is 0. The minimum Gasteiger partial charge on any atom is -0.493 e. The number of nitrogens with zero attached hydrogens (tertiary/aromatic N) is 2. The van der Waals surface area contributed by atoms with Gasteiger partial charge in [-0.15, -0.1) is 0 Å². The summed E-state index contributed by atoms with van der Waals surface area (Å²) in [7, 11) is 1.64. The van der Waals surface area contributed by atoms with Gasteiger partial charge in [0, 0.05) is 25.0 Å². The van der Waals surface area contributed by atoms with E-state index in [2.05, 4.69) is 9.97 Å². The molecule has 1 fully saturated rings. The van der Waals surface area contributed by atoms with Crippen molar-refractivity contribution in [2.24, 2.45) is 0 Å². The van der Waals surface area contributed by atoms with Crippen LogP contribution in [-0.4, -0.2) is 28.3 Å². The Balaban J connectivity index is 1.75. The van der Waals surface area contributed by atoms with Crippen molar-refractivity contribution in [1.29, 1.82) is 0 Å². The Morgan fingerprint density at radius 1 is 1.00 bits per heavy atom. The third kappa shape index (κ3) is 4.25. The van der Waals surface area contributed by atoms with Crippen molar-refractivity contribution in [1.82, 2.24) is 9.97 Å². The second kappa shape index (κ2) is 8.62. The average molecular weight is 390 g/mol. The van der Waals surface area contributed by atoms with E-state index in [-0.39, 0.29) is 6.10 Å². The number of aromatic nitrogens is 2. The highest BCUT2D eigenvalue weighted by Gasteiger charge is 2.33. The first-order valence-corrected chi connectivity index (χ1v) is 10.1. The lowest BCUT2D eigenvalue weighted by atomic mass is 9.82. The number of benzene rings is 2. The van der Waals surface area contributed by atoms with Crippen LogP contribution in [0.3, 0.4) is 0 Å². The zero-order valence-electron chi connectivity index (χ0n) is 16.6. The molecule has 1 heterocycles. The van der Waals surface area contributed by atoms with Crippen LogP contribution in [0, 0.1) is 0 Å². The maximum Gasteiger partial charge on any atom is 0.161 e. The van der Waals surface area contributed by atoms with Gasteiger partial charge < -0.3 is 14.6 Å². The van der Waals surface area contributed by atoms with Crippen LogP contribution in [0.1, 0.15) is 42.5 Å². The van der Waals surface area contributed by atoms with Gasteiger partial charge >= 0.3 is 0 Å². The zero-order chi connectivity index (χ0) is 20.1. The lowest BCUT2D eigenvalue weighted by Crippen LogP contribution is -2.30. The lowest BCUT2D eigenvalue weighted by molar-refractivity contribution is 0.0792. The fourth-order valence-corrected chi connectivity index (χ4v) is 3.98. The quantitative estimate of drug-likeness (QED) is 0.652. The minimum atomic E-state index is -1.27. The van der Waals surface area contributed by atoms with Gasteiger partial charge in [-0.3, -0.25) is 9.97 Å². The third-order valence-electron chi connectivity index (χ3n) is 5.54. The second-order valence-corrected chi connectivity index (χ2v) is 7.49. The Labute approximate surface area is 171 Å². The molecule has 0 amide bonds. The van der Waals surface area contributed by atoms with Crippen LogP contribution in [0.15, 0.2) is 67.1 Å². The van der Waals surface area contributed by atoms with Gasteiger partial charge in [-0.05, 0) is 48.9 Å². The minimum absolute atomic E-state index is 0.198. The van der Waals surface area contributed by atoms with Gasteiger partial charge in [0.1, 0.15) is 5.60 Å². The Kier molecular flexibility index (Phi) is 5.76. The summed E-state index contributed by atoms with van der Waals surface area (Å²) in [5, 5.41) is 11.9. The molecule has 0 bridgehead atoms. The van der Waals surface area contributed by atoms with Crippen molar-refractivity contribution in [3.8, 4) is 11.5 Å². The van der Waals surface area contributed by atoms with Crippen molar-refractivity contribution in [2.45, 2.75) is 43.8 Å². The number of hydrogen-bond donors (Lipinski definition) is 1. The van der Waals surface area contributed by atoms with Gasteiger partial charge in [-0.25, -0.2) is 0 Å². The molecule has 0 aliphatic heterocycles. The van der Waals surface area contributed by atoms with Crippen molar-refractivity contribution < 1.29 is 14.6 Å². The van der Waals surface area contributed by atoms with Gasteiger partial charge in [0.2, 0.25) is 0 Å². The molecule has 1 N–H and O–H groups in total. The predicted octanol–water partition coefficient (Wildman–Crippen LogP) is 4.29. The molecule has 1 saturated carbocycles. The lowest BCUT2D eigenvalue weighted by Gasteiger charge is -2.30. The van der Waals surface area contributed by atoms with Crippen LogP contribution < -0.4 is 9.47 Å². The Hall–Kier alpha value is -2.92. The molecule has 1 unspecified atom stereocenters. The molecule has 0 spiro atoms. The molecule has 1 aliphatic carbocycles. The summed E-state index contributed by atoms with van der Waals surface area (Å²) in [4.78, 5) is 8.53. The third-order valence-corrected chi connectivity index (χ3v) is 5.54. The van der Waals surface area contributed by atoms with Crippen LogP contribution in [0.5, 0.6) is 11.5 Å². The normalized spacial score (nSPS) is 16.3. The molecule has 0 radical (unpaired) electrons. The van der Waals surface area contributed by atoms with E-state index in [4.69, 9.17) is 9.47 Å². The highest BCUT2D eigenvalue weighted by atomic mass is 16.5. The molecule has 1 aromatic heterocycles. The van der Waals surface area contributed by atoms with Crippen LogP contribution in [0.25, 0.3) is 0 Å². The number of rotatable bonds is 7. The van der Waals surface area contributed by atoms with E-state index in [9.17, 15) is 5.11 Å². The van der Waals surface area contributed by atoms with E-state index < -0.39 is 5.60 Å². The molecule has 150 valence electrons. The van der Waals surface area contributed by atoms with Crippen LogP contribution in [0.4, 0.5) is 0 Å². The summed E-state index contributed by atoms with van der Waals surface area (Å²) in [6.45, 7) is 0. The Bertz CT molecular complexity index is 927. The molecule has 0 saturated heterocycles. The average Bonchev–Trinajstić information content (AvgIpc) is 3.28. The van der Waals surface area contributed by atoms with E-state index in [0.717, 1.165) is 24.0 Å². The van der Waals surface area contributed by atoms with Gasteiger partial charge in [0.05, 0.1) is 18.9 Å². The number of ether oxygens (including phenoxy) is 2. The number of aliphatic hydroxyl groups is 1. The first-order chi connectivity index (χ1) is 14.2. The Morgan fingerprint density at radius 2 is 1.79 bits per heavy atom. The fourth-order valence-electron chi connectivity index (χ4n) is 3.98. The van der Waals surface area contributed by atoms with Crippen molar-refractivity contribution in [2.75, 3.05) is 7.11 Å². The largest absolute Gasteiger partial charge is 0.493 e. The number of hydrogen-bond acceptors (Lipinski definition) is 5. The summed E-state index contributed by atoms with van der Waals surface area (Å²) in [5.74, 6) is 1.35. The topological polar surface area (TPSA) is 64.5 Å². The van der Waals surface area contributed by atoms with Crippen LogP contribution in [0.2, 0.25) is 0 Å². The van der Waals surface area contributed by atoms with Crippen molar-refractivity contribution in [3.05, 3.63) is 83.9 Å². The molecule has 4 rings (SSSR count). The van der Waals surface area contributed by atoms with Gasteiger partial charge in [0.25, 0.3) is 0 Å². The summed E-state index contributed by atoms with van der Waals surface area (Å²) < 4.78 is 11.8. The van der Waals surface area contributed by atoms with E-state index in [1.54, 1.807) is 25.7 Å². The highest BCUT2D eigenvalue weighted by molar-refractivity contribution is 5.48. The zero-order valence-corrected chi connectivity index (χ0v) is 16.6. The first kappa shape index (κ1) is 19.4. The molecule has 3 aromatic rings. The monoisotopic (exact) mass is 390 g/mol. The van der Waals surface area contributed by atoms with Gasteiger partial charge in [-0.2, -0.15) is 0 Å². The fraction of sp³-hybridized carbons (Fsp3) is 0.333. The van der Waals surface area contributed by atoms with E-state index in [1.165, 1.54) is 12.8 Å². The predicted molar refractivity (Wildman–Crippen MR) is 111 cm³/mol. The maximum atomic E-state index is 11.9. The molecular formula is C24H26N2O3. The smallest absolute Gasteiger partial charge is 0.161 e. The van der Waals surface area contributed by atoms with E-state index in [0.29, 0.717) is 23.6 Å². The Morgan fingerprint density at radius 3 is 2.48 bits per heavy atom. The van der Waals surface area contributed by atoms with Crippen LogP contribution in [-0.2, 0) is 12.0 Å². The summed E-state index contributed by atoms with van der Waals surface area (Å²) in [6.07, 6.45) is 9.94. The molecule has 1 aliphatic rings. The number of methoxy groups -OCH3 is 1.